The van der Waals surface area contributed by atoms with Crippen LogP contribution in [0, 0.1) is 17.3 Å². The molecule has 0 radical (unpaired) electrons. The summed E-state index contributed by atoms with van der Waals surface area (Å²) in [5, 5.41) is 19.4. The molecule has 0 spiro atoms. The third-order valence-electron chi connectivity index (χ3n) is 5.74. The fraction of sp³-hybridized carbons (Fsp3) is 1.00. The van der Waals surface area contributed by atoms with Gasteiger partial charge in [0.25, 0.3) is 0 Å². The highest BCUT2D eigenvalue weighted by molar-refractivity contribution is 4.89. The first-order chi connectivity index (χ1) is 8.50. The number of hydrogen-bond acceptors (Lipinski definition) is 2. The molecule has 2 N–H and O–H groups in total. The Hall–Kier alpha value is -0.0800. The standard InChI is InChI=1S/C16H30O2/c1-16(2,13-7-10-15(18)11-8-13)12-4-3-5-14(17)9-6-12/h12-15,17-18H,3-11H2,1-2H3. The minimum absolute atomic E-state index is 0.0481. The Balaban J connectivity index is 1.96. The van der Waals surface area contributed by atoms with Crippen LogP contribution in [0.2, 0.25) is 0 Å². The van der Waals surface area contributed by atoms with Gasteiger partial charge in [0.2, 0.25) is 0 Å². The molecular weight excluding hydrogens is 224 g/mol. The maximum atomic E-state index is 9.78. The molecule has 2 saturated carbocycles. The van der Waals surface area contributed by atoms with Crippen molar-refractivity contribution in [3.05, 3.63) is 0 Å². The van der Waals surface area contributed by atoms with E-state index in [-0.39, 0.29) is 12.2 Å². The molecule has 2 nitrogen and oxygen atoms in total. The molecule has 2 atom stereocenters. The van der Waals surface area contributed by atoms with Gasteiger partial charge in [-0.25, -0.2) is 0 Å². The fourth-order valence-corrected chi connectivity index (χ4v) is 4.18. The molecule has 2 aliphatic carbocycles. The van der Waals surface area contributed by atoms with Crippen LogP contribution in [0.1, 0.15) is 71.6 Å². The molecular formula is C16H30O2. The lowest BCUT2D eigenvalue weighted by molar-refractivity contribution is 0.0279. The third kappa shape index (κ3) is 3.27. The Kier molecular flexibility index (Phi) is 4.71. The summed E-state index contributed by atoms with van der Waals surface area (Å²) in [4.78, 5) is 0. The lowest BCUT2D eigenvalue weighted by atomic mass is 9.62. The van der Waals surface area contributed by atoms with Crippen LogP contribution in [0.25, 0.3) is 0 Å². The van der Waals surface area contributed by atoms with E-state index in [1.165, 1.54) is 32.1 Å². The summed E-state index contributed by atoms with van der Waals surface area (Å²) < 4.78 is 0. The average molecular weight is 254 g/mol. The molecule has 2 fully saturated rings. The van der Waals surface area contributed by atoms with Crippen LogP contribution in [-0.2, 0) is 0 Å². The Bertz CT molecular complexity index is 254. The summed E-state index contributed by atoms with van der Waals surface area (Å²) in [6.07, 6.45) is 9.89. The normalized spacial score (nSPS) is 39.3. The highest BCUT2D eigenvalue weighted by Crippen LogP contribution is 2.47. The van der Waals surface area contributed by atoms with Crippen LogP contribution < -0.4 is 0 Å². The fourth-order valence-electron chi connectivity index (χ4n) is 4.18. The summed E-state index contributed by atoms with van der Waals surface area (Å²) in [5.74, 6) is 1.52. The van der Waals surface area contributed by atoms with E-state index in [1.54, 1.807) is 0 Å². The largest absolute Gasteiger partial charge is 0.393 e. The molecule has 0 aromatic heterocycles. The maximum Gasteiger partial charge on any atom is 0.0540 e. The minimum Gasteiger partial charge on any atom is -0.393 e. The lowest BCUT2D eigenvalue weighted by Gasteiger charge is -2.44. The topological polar surface area (TPSA) is 40.5 Å². The molecule has 2 unspecified atom stereocenters. The highest BCUT2D eigenvalue weighted by Gasteiger charge is 2.39. The van der Waals surface area contributed by atoms with E-state index in [0.29, 0.717) is 5.41 Å². The van der Waals surface area contributed by atoms with Crippen molar-refractivity contribution in [3.63, 3.8) is 0 Å². The van der Waals surface area contributed by atoms with E-state index in [9.17, 15) is 10.2 Å². The minimum atomic E-state index is -0.0565. The number of hydrogen-bond donors (Lipinski definition) is 2. The molecule has 18 heavy (non-hydrogen) atoms. The van der Waals surface area contributed by atoms with Crippen molar-refractivity contribution in [2.45, 2.75) is 83.8 Å². The number of rotatable bonds is 2. The van der Waals surface area contributed by atoms with Gasteiger partial charge in [-0.05, 0) is 68.6 Å². The van der Waals surface area contributed by atoms with Gasteiger partial charge in [-0.1, -0.05) is 20.3 Å². The molecule has 2 aliphatic rings. The Morgan fingerprint density at radius 3 is 1.67 bits per heavy atom. The van der Waals surface area contributed by atoms with Crippen molar-refractivity contribution >= 4 is 0 Å². The molecule has 0 saturated heterocycles. The predicted molar refractivity (Wildman–Crippen MR) is 74.3 cm³/mol. The SMILES string of the molecule is CC(C)(C1CCCC(O)CC1)C1CCC(O)CC1. The number of aliphatic hydroxyl groups excluding tert-OH is 2. The molecule has 106 valence electrons. The van der Waals surface area contributed by atoms with Crippen molar-refractivity contribution in [1.29, 1.82) is 0 Å². The first-order valence-electron chi connectivity index (χ1n) is 7.86. The van der Waals surface area contributed by atoms with Gasteiger partial charge in [0.05, 0.1) is 12.2 Å². The van der Waals surface area contributed by atoms with Gasteiger partial charge in [0, 0.05) is 0 Å². The Morgan fingerprint density at radius 1 is 0.667 bits per heavy atom. The molecule has 0 aliphatic heterocycles. The third-order valence-corrected chi connectivity index (χ3v) is 5.74. The molecule has 0 aromatic carbocycles. The summed E-state index contributed by atoms with van der Waals surface area (Å²) in [5.41, 5.74) is 0.379. The zero-order valence-electron chi connectivity index (χ0n) is 12.1. The predicted octanol–water partition coefficient (Wildman–Crippen LogP) is 3.50. The second kappa shape index (κ2) is 5.92. The van der Waals surface area contributed by atoms with E-state index >= 15 is 0 Å². The number of aliphatic hydroxyl groups is 2. The summed E-state index contributed by atoms with van der Waals surface area (Å²) in [6, 6.07) is 0. The lowest BCUT2D eigenvalue weighted by Crippen LogP contribution is -2.36. The van der Waals surface area contributed by atoms with Gasteiger partial charge < -0.3 is 10.2 Å². The van der Waals surface area contributed by atoms with Crippen molar-refractivity contribution in [2.24, 2.45) is 17.3 Å². The van der Waals surface area contributed by atoms with Crippen molar-refractivity contribution < 1.29 is 10.2 Å². The zero-order chi connectivity index (χ0) is 13.2. The smallest absolute Gasteiger partial charge is 0.0540 e. The van der Waals surface area contributed by atoms with Crippen LogP contribution in [-0.4, -0.2) is 22.4 Å². The van der Waals surface area contributed by atoms with Crippen molar-refractivity contribution in [2.75, 3.05) is 0 Å². The van der Waals surface area contributed by atoms with Crippen molar-refractivity contribution in [1.82, 2.24) is 0 Å². The van der Waals surface area contributed by atoms with Gasteiger partial charge in [-0.3, -0.25) is 0 Å². The molecule has 0 heterocycles. The van der Waals surface area contributed by atoms with Gasteiger partial charge in [-0.2, -0.15) is 0 Å². The van der Waals surface area contributed by atoms with E-state index < -0.39 is 0 Å². The molecule has 0 amide bonds. The molecule has 0 aromatic rings. The average Bonchev–Trinajstić information content (AvgIpc) is 2.55. The van der Waals surface area contributed by atoms with Crippen molar-refractivity contribution in [3.8, 4) is 0 Å². The van der Waals surface area contributed by atoms with Gasteiger partial charge >= 0.3 is 0 Å². The second-order valence-electron chi connectivity index (χ2n) is 7.19. The van der Waals surface area contributed by atoms with Crippen LogP contribution in [0.3, 0.4) is 0 Å². The Morgan fingerprint density at radius 2 is 1.11 bits per heavy atom. The molecule has 2 rings (SSSR count). The van der Waals surface area contributed by atoms with E-state index in [0.717, 1.165) is 37.5 Å². The Labute approximate surface area is 112 Å². The quantitative estimate of drug-likeness (QED) is 0.740. The monoisotopic (exact) mass is 254 g/mol. The molecule has 2 heteroatoms. The van der Waals surface area contributed by atoms with Crippen LogP contribution in [0.5, 0.6) is 0 Å². The van der Waals surface area contributed by atoms with Crippen LogP contribution in [0.4, 0.5) is 0 Å². The second-order valence-corrected chi connectivity index (χ2v) is 7.19. The summed E-state index contributed by atoms with van der Waals surface area (Å²) in [7, 11) is 0. The molecule has 0 bridgehead atoms. The first kappa shape index (κ1) is 14.3. The van der Waals surface area contributed by atoms with E-state index in [4.69, 9.17) is 0 Å². The zero-order valence-corrected chi connectivity index (χ0v) is 12.1. The van der Waals surface area contributed by atoms with Crippen LogP contribution in [0.15, 0.2) is 0 Å². The van der Waals surface area contributed by atoms with Gasteiger partial charge in [0.1, 0.15) is 0 Å². The first-order valence-corrected chi connectivity index (χ1v) is 7.86. The van der Waals surface area contributed by atoms with Gasteiger partial charge in [-0.15, -0.1) is 0 Å². The van der Waals surface area contributed by atoms with Gasteiger partial charge in [0.15, 0.2) is 0 Å². The maximum absolute atomic E-state index is 9.78. The summed E-state index contributed by atoms with van der Waals surface area (Å²) >= 11 is 0. The summed E-state index contributed by atoms with van der Waals surface area (Å²) in [6.45, 7) is 4.86. The van der Waals surface area contributed by atoms with E-state index in [1.807, 2.05) is 0 Å². The highest BCUT2D eigenvalue weighted by atomic mass is 16.3. The van der Waals surface area contributed by atoms with Crippen LogP contribution >= 0.6 is 0 Å². The van der Waals surface area contributed by atoms with E-state index in [2.05, 4.69) is 13.8 Å².